The minimum Gasteiger partial charge on any atom is -0.478 e. The van der Waals surface area contributed by atoms with Gasteiger partial charge in [0.25, 0.3) is 5.91 Å². The van der Waals surface area contributed by atoms with Crippen molar-refractivity contribution in [2.24, 2.45) is 0 Å². The third kappa shape index (κ3) is 4.57. The highest BCUT2D eigenvalue weighted by molar-refractivity contribution is 6.33. The van der Waals surface area contributed by atoms with Crippen molar-refractivity contribution < 1.29 is 19.4 Å². The number of carboxylic acids is 1. The Balaban J connectivity index is 1.67. The second kappa shape index (κ2) is 8.82. The number of hydrogen-bond donors (Lipinski definition) is 2. The molecule has 31 heavy (non-hydrogen) atoms. The number of hydrogen-bond acceptors (Lipinski definition) is 3. The first-order chi connectivity index (χ1) is 15.0. The molecule has 0 bridgehead atoms. The van der Waals surface area contributed by atoms with Crippen LogP contribution in [0.3, 0.4) is 0 Å². The number of halogens is 1. The van der Waals surface area contributed by atoms with Gasteiger partial charge in [-0.25, -0.2) is 4.79 Å². The number of para-hydroxylation sites is 1. The van der Waals surface area contributed by atoms with Gasteiger partial charge in [-0.2, -0.15) is 0 Å². The third-order valence-corrected chi connectivity index (χ3v) is 5.77. The van der Waals surface area contributed by atoms with Crippen molar-refractivity contribution >= 4 is 29.1 Å². The number of allylic oxidation sites excluding steroid dienone is 2. The number of carboxylic acid groups (broad SMARTS) is 1. The quantitative estimate of drug-likeness (QED) is 0.622. The molecule has 2 aliphatic rings. The molecule has 1 atom stereocenters. The summed E-state index contributed by atoms with van der Waals surface area (Å²) >= 11 is 6.68. The van der Waals surface area contributed by atoms with E-state index in [-0.39, 0.29) is 12.0 Å². The number of ether oxygens (including phenoxy) is 1. The molecule has 5 nitrogen and oxygen atoms in total. The van der Waals surface area contributed by atoms with Gasteiger partial charge in [0, 0.05) is 22.6 Å². The molecule has 0 saturated heterocycles. The first-order valence-corrected chi connectivity index (χ1v) is 10.5. The first kappa shape index (κ1) is 20.9. The summed E-state index contributed by atoms with van der Waals surface area (Å²) in [5.41, 5.74) is 1.06. The Morgan fingerprint density at radius 2 is 1.61 bits per heavy atom. The van der Waals surface area contributed by atoms with Crippen LogP contribution < -0.4 is 10.1 Å². The molecule has 2 N–H and O–H groups in total. The van der Waals surface area contributed by atoms with Crippen LogP contribution in [-0.2, 0) is 9.59 Å². The van der Waals surface area contributed by atoms with Crippen molar-refractivity contribution in [1.82, 2.24) is 5.32 Å². The molecule has 1 unspecified atom stereocenters. The zero-order chi connectivity index (χ0) is 21.8. The second-order valence-corrected chi connectivity index (χ2v) is 8.03. The molecule has 0 radical (unpaired) electrons. The summed E-state index contributed by atoms with van der Waals surface area (Å²) in [4.78, 5) is 24.6. The van der Waals surface area contributed by atoms with Crippen molar-refractivity contribution in [3.05, 3.63) is 94.6 Å². The molecule has 2 aromatic rings. The maximum Gasteiger partial charge on any atom is 0.332 e. The minimum absolute atomic E-state index is 0.166. The lowest BCUT2D eigenvalue weighted by molar-refractivity contribution is -0.133. The Bertz CT molecular complexity index is 1090. The van der Waals surface area contributed by atoms with Crippen LogP contribution in [0, 0.1) is 0 Å². The Hall–Kier alpha value is -3.31. The lowest BCUT2D eigenvalue weighted by atomic mass is 9.93. The molecule has 0 aliphatic heterocycles. The van der Waals surface area contributed by atoms with Gasteiger partial charge >= 0.3 is 5.97 Å². The number of aliphatic carboxylic acids is 1. The van der Waals surface area contributed by atoms with Crippen molar-refractivity contribution in [3.63, 3.8) is 0 Å². The molecule has 2 aliphatic carbocycles. The fourth-order valence-electron chi connectivity index (χ4n) is 3.94. The summed E-state index contributed by atoms with van der Waals surface area (Å²) in [6, 6.07) is 18.9. The molecule has 0 spiro atoms. The van der Waals surface area contributed by atoms with E-state index in [0.717, 1.165) is 11.1 Å². The van der Waals surface area contributed by atoms with Crippen molar-refractivity contribution in [2.75, 3.05) is 0 Å². The molecule has 0 fully saturated rings. The van der Waals surface area contributed by atoms with Gasteiger partial charge in [0.15, 0.2) is 0 Å². The molecule has 0 heterocycles. The fourth-order valence-corrected chi connectivity index (χ4v) is 4.31. The largest absolute Gasteiger partial charge is 0.478 e. The van der Waals surface area contributed by atoms with E-state index in [9.17, 15) is 14.7 Å². The van der Waals surface area contributed by atoms with Gasteiger partial charge in [0.05, 0.1) is 0 Å². The summed E-state index contributed by atoms with van der Waals surface area (Å²) in [6.07, 6.45) is 5.29. The SMILES string of the molecule is O=C(O)C1=C(C(=O)NC2(Oc3ccccc3)C=CC(c3ccccc3)=C(Cl)C2)CCC1. The van der Waals surface area contributed by atoms with Crippen LogP contribution in [0.5, 0.6) is 5.75 Å². The Morgan fingerprint density at radius 3 is 2.26 bits per heavy atom. The predicted molar refractivity (Wildman–Crippen MR) is 119 cm³/mol. The molecule has 6 heteroatoms. The molecular formula is C25H22ClNO4. The number of carbonyl (C=O) groups is 2. The average Bonchev–Trinajstić information content (AvgIpc) is 3.26. The normalized spacial score (nSPS) is 20.7. The number of amides is 1. The predicted octanol–water partition coefficient (Wildman–Crippen LogP) is 5.05. The Kier molecular flexibility index (Phi) is 5.96. The highest BCUT2D eigenvalue weighted by Crippen LogP contribution is 2.37. The van der Waals surface area contributed by atoms with E-state index < -0.39 is 17.6 Å². The van der Waals surface area contributed by atoms with E-state index in [1.165, 1.54) is 0 Å². The molecule has 0 aromatic heterocycles. The van der Waals surface area contributed by atoms with E-state index in [1.54, 1.807) is 18.2 Å². The first-order valence-electron chi connectivity index (χ1n) is 10.1. The van der Waals surface area contributed by atoms with Crippen LogP contribution in [-0.4, -0.2) is 22.7 Å². The van der Waals surface area contributed by atoms with E-state index in [2.05, 4.69) is 5.32 Å². The van der Waals surface area contributed by atoms with Crippen LogP contribution in [0.15, 0.2) is 89.0 Å². The summed E-state index contributed by atoms with van der Waals surface area (Å²) in [5.74, 6) is -0.925. The van der Waals surface area contributed by atoms with Gasteiger partial charge in [-0.05, 0) is 48.6 Å². The molecule has 0 saturated carbocycles. The third-order valence-electron chi connectivity index (χ3n) is 5.43. The van der Waals surface area contributed by atoms with E-state index >= 15 is 0 Å². The fraction of sp³-hybridized carbons (Fsp3) is 0.200. The zero-order valence-electron chi connectivity index (χ0n) is 16.8. The summed E-state index contributed by atoms with van der Waals surface area (Å²) < 4.78 is 6.22. The van der Waals surface area contributed by atoms with Crippen LogP contribution in [0.2, 0.25) is 0 Å². The number of benzene rings is 2. The van der Waals surface area contributed by atoms with Crippen LogP contribution >= 0.6 is 11.6 Å². The number of nitrogens with one attached hydrogen (secondary N) is 1. The van der Waals surface area contributed by atoms with Crippen LogP contribution in [0.25, 0.3) is 5.57 Å². The topological polar surface area (TPSA) is 75.6 Å². The maximum absolute atomic E-state index is 13.1. The molecule has 158 valence electrons. The van der Waals surface area contributed by atoms with E-state index in [1.807, 2.05) is 54.6 Å². The summed E-state index contributed by atoms with van der Waals surface area (Å²) in [7, 11) is 0. The summed E-state index contributed by atoms with van der Waals surface area (Å²) in [6.45, 7) is 0. The highest BCUT2D eigenvalue weighted by Gasteiger charge is 2.38. The molecule has 4 rings (SSSR count). The van der Waals surface area contributed by atoms with Gasteiger partial charge in [-0.1, -0.05) is 66.2 Å². The van der Waals surface area contributed by atoms with E-state index in [0.29, 0.717) is 35.6 Å². The van der Waals surface area contributed by atoms with Gasteiger partial charge < -0.3 is 15.2 Å². The molecule has 1 amide bonds. The van der Waals surface area contributed by atoms with Crippen molar-refractivity contribution in [1.29, 1.82) is 0 Å². The lowest BCUT2D eigenvalue weighted by Crippen LogP contribution is -2.53. The maximum atomic E-state index is 13.1. The average molecular weight is 436 g/mol. The standard InChI is InChI=1S/C25H22ClNO4/c26-22-16-25(31-18-10-5-2-6-11-18,15-14-19(22)17-8-3-1-4-9-17)27-23(28)20-12-7-13-21(20)24(29)30/h1-6,8-11,14-15H,7,12-13,16H2,(H,27,28)(H,29,30). The van der Waals surface area contributed by atoms with Gasteiger partial charge in [-0.15, -0.1) is 0 Å². The van der Waals surface area contributed by atoms with Crippen molar-refractivity contribution in [3.8, 4) is 5.75 Å². The van der Waals surface area contributed by atoms with Gasteiger partial charge in [-0.3, -0.25) is 4.79 Å². The second-order valence-electron chi connectivity index (χ2n) is 7.57. The van der Waals surface area contributed by atoms with Gasteiger partial charge in [0.1, 0.15) is 5.75 Å². The molecular weight excluding hydrogens is 414 g/mol. The van der Waals surface area contributed by atoms with Crippen LogP contribution in [0.4, 0.5) is 0 Å². The smallest absolute Gasteiger partial charge is 0.332 e. The Morgan fingerprint density at radius 1 is 0.968 bits per heavy atom. The highest BCUT2D eigenvalue weighted by atomic mass is 35.5. The van der Waals surface area contributed by atoms with E-state index in [4.69, 9.17) is 16.3 Å². The van der Waals surface area contributed by atoms with Crippen molar-refractivity contribution in [2.45, 2.75) is 31.4 Å². The van der Waals surface area contributed by atoms with Gasteiger partial charge in [0.2, 0.25) is 5.72 Å². The minimum atomic E-state index is -1.23. The number of rotatable bonds is 6. The monoisotopic (exact) mass is 435 g/mol. The Labute approximate surface area is 185 Å². The van der Waals surface area contributed by atoms with Crippen LogP contribution in [0.1, 0.15) is 31.2 Å². The molecule has 2 aromatic carbocycles. The lowest BCUT2D eigenvalue weighted by Gasteiger charge is -2.35. The zero-order valence-corrected chi connectivity index (χ0v) is 17.6. The number of carbonyl (C=O) groups excluding carboxylic acids is 1. The summed E-state index contributed by atoms with van der Waals surface area (Å²) in [5, 5.41) is 12.9.